The van der Waals surface area contributed by atoms with Gasteiger partial charge in [0.05, 0.1) is 19.2 Å². The van der Waals surface area contributed by atoms with Gasteiger partial charge in [0.1, 0.15) is 17.1 Å². The number of esters is 1. The van der Waals surface area contributed by atoms with E-state index in [0.29, 0.717) is 12.3 Å². The van der Waals surface area contributed by atoms with E-state index in [2.05, 4.69) is 10.3 Å². The Labute approximate surface area is 171 Å². The molecule has 0 saturated heterocycles. The molecule has 1 aromatic carbocycles. The zero-order valence-electron chi connectivity index (χ0n) is 17.3. The van der Waals surface area contributed by atoms with Crippen LogP contribution in [-0.2, 0) is 24.4 Å². The van der Waals surface area contributed by atoms with Crippen LogP contribution in [0, 0.1) is 6.92 Å². The summed E-state index contributed by atoms with van der Waals surface area (Å²) in [5, 5.41) is 9.38. The Morgan fingerprint density at radius 1 is 1.30 bits per heavy atom. The zero-order chi connectivity index (χ0) is 21.4. The van der Waals surface area contributed by atoms with Gasteiger partial charge in [0.15, 0.2) is 11.2 Å². The predicted molar refractivity (Wildman–Crippen MR) is 109 cm³/mol. The van der Waals surface area contributed by atoms with E-state index < -0.39 is 11.5 Å². The Hall–Kier alpha value is -3.46. The van der Waals surface area contributed by atoms with E-state index in [-0.39, 0.29) is 23.3 Å². The van der Waals surface area contributed by atoms with Crippen LogP contribution in [0.1, 0.15) is 34.5 Å². The number of carbonyl (C=O) groups excluding carboxylic acids is 1. The van der Waals surface area contributed by atoms with E-state index >= 15 is 0 Å². The monoisotopic (exact) mass is 410 g/mol. The molecule has 0 fully saturated rings. The van der Waals surface area contributed by atoms with Gasteiger partial charge < -0.3 is 13.7 Å². The highest BCUT2D eigenvalue weighted by Crippen LogP contribution is 2.27. The van der Waals surface area contributed by atoms with Crippen molar-refractivity contribution in [2.24, 2.45) is 0 Å². The van der Waals surface area contributed by atoms with Gasteiger partial charge in [-0.1, -0.05) is 30.3 Å². The molecular formula is C21H22N4O5. The summed E-state index contributed by atoms with van der Waals surface area (Å²) < 4.78 is 17.1. The summed E-state index contributed by atoms with van der Waals surface area (Å²) in [5.41, 5.74) is 1.52. The summed E-state index contributed by atoms with van der Waals surface area (Å²) in [4.78, 5) is 27.0. The summed E-state index contributed by atoms with van der Waals surface area (Å²) in [6, 6.07) is 7.86. The third kappa shape index (κ3) is 3.26. The first kappa shape index (κ1) is 19.8. The topological polar surface area (TPSA) is 104 Å². The molecule has 0 spiro atoms. The van der Waals surface area contributed by atoms with Gasteiger partial charge in [-0.05, 0) is 20.0 Å². The number of hydrogen-bond acceptors (Lipinski definition) is 8. The van der Waals surface area contributed by atoms with Crippen molar-refractivity contribution in [1.29, 1.82) is 0 Å². The number of aromatic nitrogens is 3. The molecule has 3 heterocycles. The molecule has 0 N–H and O–H groups in total. The molecule has 0 aliphatic rings. The lowest BCUT2D eigenvalue weighted by Gasteiger charge is -2.18. The smallest absolute Gasteiger partial charge is 0.359 e. The van der Waals surface area contributed by atoms with Gasteiger partial charge in [-0.25, -0.2) is 9.48 Å². The van der Waals surface area contributed by atoms with Crippen LogP contribution < -0.4 is 5.56 Å². The first-order valence-electron chi connectivity index (χ1n) is 9.57. The molecule has 0 unspecified atom stereocenters. The Kier molecular flexibility index (Phi) is 5.13. The summed E-state index contributed by atoms with van der Waals surface area (Å²) in [5.74, 6) is 0.589. The number of nitrogens with zero attached hydrogens (tertiary/aromatic N) is 4. The maximum absolute atomic E-state index is 12.9. The molecule has 4 aromatic rings. The van der Waals surface area contributed by atoms with E-state index in [1.165, 1.54) is 11.8 Å². The Morgan fingerprint density at radius 2 is 2.07 bits per heavy atom. The first-order valence-corrected chi connectivity index (χ1v) is 9.57. The fraction of sp³-hybridized carbons (Fsp3) is 0.333. The fourth-order valence-corrected chi connectivity index (χ4v) is 3.63. The molecule has 9 nitrogen and oxygen atoms in total. The van der Waals surface area contributed by atoms with Crippen LogP contribution in [-0.4, -0.2) is 40.0 Å². The second-order valence-electron chi connectivity index (χ2n) is 7.12. The van der Waals surface area contributed by atoms with Crippen LogP contribution in [0.2, 0.25) is 0 Å². The van der Waals surface area contributed by atoms with E-state index in [0.717, 1.165) is 28.7 Å². The number of ether oxygens (including phenoxy) is 1. The second-order valence-corrected chi connectivity index (χ2v) is 7.12. The summed E-state index contributed by atoms with van der Waals surface area (Å²) in [6.45, 7) is 4.34. The molecule has 0 radical (unpaired) electrons. The Morgan fingerprint density at radius 3 is 2.80 bits per heavy atom. The lowest BCUT2D eigenvalue weighted by atomic mass is 10.1. The largest absolute Gasteiger partial charge is 0.464 e. The van der Waals surface area contributed by atoms with Crippen molar-refractivity contribution < 1.29 is 18.5 Å². The number of fused-ring (bicyclic) bond motifs is 2. The fourth-order valence-electron chi connectivity index (χ4n) is 3.63. The molecule has 4 rings (SSSR count). The molecular weight excluding hydrogens is 388 g/mol. The van der Waals surface area contributed by atoms with Crippen LogP contribution in [0.25, 0.3) is 21.9 Å². The SMILES string of the molecule is CCc1oc2ccccc2c1CN(C)Cn1nc(C(=O)OC)c2c(C)onc2c1=O. The number of hydrogen-bond donors (Lipinski definition) is 0. The van der Waals surface area contributed by atoms with Crippen LogP contribution in [0.4, 0.5) is 0 Å². The maximum Gasteiger partial charge on any atom is 0.359 e. The lowest BCUT2D eigenvalue weighted by Crippen LogP contribution is -2.33. The van der Waals surface area contributed by atoms with Crippen molar-refractivity contribution >= 4 is 27.8 Å². The van der Waals surface area contributed by atoms with E-state index in [9.17, 15) is 9.59 Å². The van der Waals surface area contributed by atoms with Gasteiger partial charge >= 0.3 is 5.97 Å². The zero-order valence-corrected chi connectivity index (χ0v) is 17.3. The summed E-state index contributed by atoms with van der Waals surface area (Å²) >= 11 is 0. The van der Waals surface area contributed by atoms with Gasteiger partial charge in [0, 0.05) is 23.9 Å². The van der Waals surface area contributed by atoms with Crippen LogP contribution in [0.3, 0.4) is 0 Å². The number of rotatable bonds is 6. The van der Waals surface area contributed by atoms with Gasteiger partial charge in [0.25, 0.3) is 5.56 Å². The molecule has 0 aliphatic heterocycles. The van der Waals surface area contributed by atoms with Gasteiger partial charge in [-0.15, -0.1) is 0 Å². The number of benzene rings is 1. The number of methoxy groups -OCH3 is 1. The third-order valence-electron chi connectivity index (χ3n) is 5.04. The normalized spacial score (nSPS) is 11.6. The number of para-hydroxylation sites is 1. The molecule has 3 aromatic heterocycles. The van der Waals surface area contributed by atoms with E-state index in [1.54, 1.807) is 6.92 Å². The van der Waals surface area contributed by atoms with Crippen molar-refractivity contribution in [2.75, 3.05) is 14.2 Å². The second kappa shape index (κ2) is 7.75. The van der Waals surface area contributed by atoms with Crippen molar-refractivity contribution in [3.63, 3.8) is 0 Å². The molecule has 0 saturated carbocycles. The lowest BCUT2D eigenvalue weighted by molar-refractivity contribution is 0.0592. The predicted octanol–water partition coefficient (Wildman–Crippen LogP) is 2.88. The summed E-state index contributed by atoms with van der Waals surface area (Å²) in [7, 11) is 3.13. The Balaban J connectivity index is 1.71. The van der Waals surface area contributed by atoms with Crippen molar-refractivity contribution in [2.45, 2.75) is 33.5 Å². The van der Waals surface area contributed by atoms with Gasteiger partial charge in [0.2, 0.25) is 0 Å². The molecule has 0 amide bonds. The number of furan rings is 1. The quantitative estimate of drug-likeness (QED) is 0.447. The first-order chi connectivity index (χ1) is 14.4. The average Bonchev–Trinajstić information content (AvgIpc) is 3.30. The highest BCUT2D eigenvalue weighted by molar-refractivity contribution is 6.01. The summed E-state index contributed by atoms with van der Waals surface area (Å²) in [6.07, 6.45) is 0.757. The van der Waals surface area contributed by atoms with Crippen LogP contribution in [0.5, 0.6) is 0 Å². The van der Waals surface area contributed by atoms with Crippen molar-refractivity contribution in [3.05, 3.63) is 57.4 Å². The van der Waals surface area contributed by atoms with Crippen molar-refractivity contribution in [1.82, 2.24) is 19.8 Å². The van der Waals surface area contributed by atoms with Crippen molar-refractivity contribution in [3.8, 4) is 0 Å². The minimum atomic E-state index is -0.656. The maximum atomic E-state index is 12.9. The molecule has 9 heteroatoms. The highest BCUT2D eigenvalue weighted by Gasteiger charge is 2.23. The number of aryl methyl sites for hydroxylation is 2. The minimum absolute atomic E-state index is 0.00209. The molecule has 0 aliphatic carbocycles. The number of carbonyl (C=O) groups is 1. The van der Waals surface area contributed by atoms with Crippen LogP contribution in [0.15, 0.2) is 38.0 Å². The molecule has 30 heavy (non-hydrogen) atoms. The average molecular weight is 410 g/mol. The van der Waals surface area contributed by atoms with E-state index in [1.807, 2.05) is 43.1 Å². The minimum Gasteiger partial charge on any atom is -0.464 e. The highest BCUT2D eigenvalue weighted by atomic mass is 16.5. The Bertz CT molecular complexity index is 1300. The van der Waals surface area contributed by atoms with Crippen LogP contribution >= 0.6 is 0 Å². The van der Waals surface area contributed by atoms with E-state index in [4.69, 9.17) is 13.7 Å². The molecule has 0 bridgehead atoms. The molecule has 156 valence electrons. The molecule has 0 atom stereocenters. The standard InChI is InChI=1S/C21H22N4O5/c1-5-15-14(13-8-6-7-9-16(13)29-15)10-24(3)11-25-20(26)18-17(12(2)30-23-18)19(22-25)21(27)28-4/h6-9H,5,10-11H2,1-4H3. The third-order valence-corrected chi connectivity index (χ3v) is 5.04. The van der Waals surface area contributed by atoms with Gasteiger partial charge in [-0.2, -0.15) is 5.10 Å². The van der Waals surface area contributed by atoms with Gasteiger partial charge in [-0.3, -0.25) is 9.69 Å².